The summed E-state index contributed by atoms with van der Waals surface area (Å²) < 4.78 is 35.0. The van der Waals surface area contributed by atoms with E-state index in [9.17, 15) is 8.42 Å². The first-order valence-electron chi connectivity index (χ1n) is 5.53. The molecule has 2 aromatic heterocycles. The highest BCUT2D eigenvalue weighted by Gasteiger charge is 2.22. The van der Waals surface area contributed by atoms with Crippen LogP contribution >= 0.6 is 34.9 Å². The fourth-order valence-corrected chi connectivity index (χ4v) is 3.97. The van der Waals surface area contributed by atoms with E-state index in [1.165, 1.54) is 12.3 Å². The van der Waals surface area contributed by atoms with E-state index in [-0.39, 0.29) is 15.7 Å². The maximum atomic E-state index is 12.3. The fraction of sp³-hybridized carbons (Fsp3) is 0.100. The average molecular weight is 364 g/mol. The summed E-state index contributed by atoms with van der Waals surface area (Å²) in [6.07, 6.45) is 1.22. The van der Waals surface area contributed by atoms with E-state index < -0.39 is 10.0 Å². The van der Waals surface area contributed by atoms with Crippen LogP contribution in [0.1, 0.15) is 5.82 Å². The molecule has 0 amide bonds. The van der Waals surface area contributed by atoms with Crippen molar-refractivity contribution < 1.29 is 8.42 Å². The van der Waals surface area contributed by atoms with Crippen LogP contribution in [-0.4, -0.2) is 27.1 Å². The summed E-state index contributed by atoms with van der Waals surface area (Å²) in [5.74, 6) is 0.484. The monoisotopic (exact) mass is 363 g/mol. The van der Waals surface area contributed by atoms with Crippen LogP contribution in [-0.2, 0) is 10.0 Å². The van der Waals surface area contributed by atoms with Gasteiger partial charge in [0.05, 0.1) is 33.7 Å². The van der Waals surface area contributed by atoms with Gasteiger partial charge in [-0.05, 0) is 13.0 Å². The molecule has 2 N–H and O–H groups in total. The Kier molecular flexibility index (Phi) is 3.52. The minimum atomic E-state index is -3.86. The number of imidazole rings is 1. The molecule has 0 unspecified atom stereocenters. The number of nitrogens with one attached hydrogen (secondary N) is 2. The van der Waals surface area contributed by atoms with Gasteiger partial charge < -0.3 is 4.98 Å². The second-order valence-corrected chi connectivity index (χ2v) is 7.11. The molecule has 3 aromatic rings. The van der Waals surface area contributed by atoms with Gasteiger partial charge in [-0.1, -0.05) is 23.2 Å². The molecule has 0 radical (unpaired) electrons. The molecule has 0 bridgehead atoms. The van der Waals surface area contributed by atoms with E-state index in [0.29, 0.717) is 21.9 Å². The Morgan fingerprint density at radius 2 is 1.95 bits per heavy atom. The number of fused-ring (bicyclic) bond motifs is 1. The molecule has 0 fully saturated rings. The van der Waals surface area contributed by atoms with Gasteiger partial charge in [-0.15, -0.1) is 0 Å². The Labute approximate surface area is 133 Å². The quantitative estimate of drug-likeness (QED) is 0.744. The number of nitrogens with zero attached hydrogens (tertiary/aromatic N) is 3. The van der Waals surface area contributed by atoms with Crippen molar-refractivity contribution in [1.29, 1.82) is 0 Å². The molecule has 0 aliphatic carbocycles. The topological polar surface area (TPSA) is 101 Å². The average Bonchev–Trinajstić information content (AvgIpc) is 3.03. The van der Waals surface area contributed by atoms with Crippen LogP contribution in [0.25, 0.3) is 11.0 Å². The maximum absolute atomic E-state index is 12.3. The number of hydrogen-bond acceptors (Lipinski definition) is 6. The molecule has 0 saturated heterocycles. The minimum absolute atomic E-state index is 0.0673. The molecule has 0 aliphatic heterocycles. The number of aryl methyl sites for hydroxylation is 1. The molecular weight excluding hydrogens is 357 g/mol. The van der Waals surface area contributed by atoms with E-state index in [2.05, 4.69) is 23.4 Å². The summed E-state index contributed by atoms with van der Waals surface area (Å²) in [6.45, 7) is 1.65. The number of anilines is 1. The van der Waals surface area contributed by atoms with Gasteiger partial charge in [0, 0.05) is 0 Å². The largest absolute Gasteiger partial charge is 0.332 e. The lowest BCUT2D eigenvalue weighted by Gasteiger charge is -2.09. The maximum Gasteiger partial charge on any atom is 0.279 e. The Morgan fingerprint density at radius 1 is 1.24 bits per heavy atom. The first-order valence-corrected chi connectivity index (χ1v) is 8.50. The Bertz CT molecular complexity index is 934. The van der Waals surface area contributed by atoms with Gasteiger partial charge in [-0.25, -0.2) is 4.98 Å². The van der Waals surface area contributed by atoms with Crippen molar-refractivity contribution in [1.82, 2.24) is 18.7 Å². The molecule has 1 aromatic carbocycles. The lowest BCUT2D eigenvalue weighted by Crippen LogP contribution is -2.14. The standard InChI is InChI=1S/C10H7Cl2N5O2S2/c1-4-13-3-7(14-4)21(18,19)17-9-6(12)2-5(11)8-10(9)16-20-15-8/h2-3,17H,1H3,(H,13,14). The van der Waals surface area contributed by atoms with Crippen LogP contribution in [0.4, 0.5) is 5.69 Å². The van der Waals surface area contributed by atoms with Crippen molar-refractivity contribution in [2.75, 3.05) is 4.72 Å². The number of H-pyrrole nitrogens is 1. The summed E-state index contributed by atoms with van der Waals surface area (Å²) in [5, 5.41) is 0.381. The van der Waals surface area contributed by atoms with E-state index in [4.69, 9.17) is 23.2 Å². The molecule has 0 atom stereocenters. The number of benzene rings is 1. The number of hydrogen-bond donors (Lipinski definition) is 2. The van der Waals surface area contributed by atoms with Gasteiger partial charge in [0.25, 0.3) is 10.0 Å². The normalized spacial score (nSPS) is 12.0. The first kappa shape index (κ1) is 14.5. The third kappa shape index (κ3) is 2.57. The Morgan fingerprint density at radius 3 is 2.62 bits per heavy atom. The summed E-state index contributed by atoms with van der Waals surface area (Å²) in [4.78, 5) is 6.50. The fourth-order valence-electron chi connectivity index (χ4n) is 1.70. The van der Waals surface area contributed by atoms with Crippen molar-refractivity contribution in [3.8, 4) is 0 Å². The number of halogens is 2. The zero-order chi connectivity index (χ0) is 15.2. The highest BCUT2D eigenvalue weighted by Crippen LogP contribution is 2.36. The lowest BCUT2D eigenvalue weighted by molar-refractivity contribution is 0.598. The molecule has 7 nitrogen and oxygen atoms in total. The highest BCUT2D eigenvalue weighted by atomic mass is 35.5. The van der Waals surface area contributed by atoms with Crippen LogP contribution in [0.3, 0.4) is 0 Å². The number of aromatic amines is 1. The van der Waals surface area contributed by atoms with E-state index in [0.717, 1.165) is 11.7 Å². The molecule has 3 rings (SSSR count). The first-order chi connectivity index (χ1) is 9.88. The molecule has 21 heavy (non-hydrogen) atoms. The predicted octanol–water partition coefficient (Wildman–Crippen LogP) is 2.83. The molecule has 0 saturated carbocycles. The third-order valence-electron chi connectivity index (χ3n) is 2.65. The van der Waals surface area contributed by atoms with Crippen molar-refractivity contribution in [3.05, 3.63) is 28.1 Å². The Hall–Kier alpha value is -1.42. The van der Waals surface area contributed by atoms with Crippen molar-refractivity contribution in [2.24, 2.45) is 0 Å². The number of rotatable bonds is 3. The van der Waals surface area contributed by atoms with Gasteiger partial charge in [0.2, 0.25) is 0 Å². The van der Waals surface area contributed by atoms with Crippen molar-refractivity contribution in [3.63, 3.8) is 0 Å². The predicted molar refractivity (Wildman–Crippen MR) is 81.6 cm³/mol. The van der Waals surface area contributed by atoms with Crippen LogP contribution in [0.5, 0.6) is 0 Å². The van der Waals surface area contributed by atoms with Gasteiger partial charge in [0.15, 0.2) is 5.03 Å². The Balaban J connectivity index is 2.12. The number of sulfonamides is 1. The summed E-state index contributed by atoms with van der Waals surface area (Å²) in [7, 11) is -3.86. The summed E-state index contributed by atoms with van der Waals surface area (Å²) in [5.41, 5.74) is 0.832. The highest BCUT2D eigenvalue weighted by molar-refractivity contribution is 7.92. The second-order valence-electron chi connectivity index (χ2n) is 4.12. The lowest BCUT2D eigenvalue weighted by atomic mass is 10.3. The molecule has 11 heteroatoms. The molecule has 110 valence electrons. The van der Waals surface area contributed by atoms with Crippen LogP contribution in [0, 0.1) is 6.92 Å². The third-order valence-corrected chi connectivity index (χ3v) is 5.02. The van der Waals surface area contributed by atoms with Crippen molar-refractivity contribution >= 4 is 61.7 Å². The van der Waals surface area contributed by atoms with E-state index in [1.807, 2.05) is 0 Å². The van der Waals surface area contributed by atoms with Crippen LogP contribution in [0.15, 0.2) is 17.3 Å². The second kappa shape index (κ2) is 5.09. The summed E-state index contributed by atoms with van der Waals surface area (Å²) in [6, 6.07) is 1.42. The summed E-state index contributed by atoms with van der Waals surface area (Å²) >= 11 is 13.0. The molecule has 0 aliphatic rings. The van der Waals surface area contributed by atoms with Gasteiger partial charge in [-0.3, -0.25) is 4.72 Å². The number of aromatic nitrogens is 4. The van der Waals surface area contributed by atoms with Crippen LogP contribution < -0.4 is 4.72 Å². The van der Waals surface area contributed by atoms with Crippen molar-refractivity contribution in [2.45, 2.75) is 11.9 Å². The van der Waals surface area contributed by atoms with Gasteiger partial charge >= 0.3 is 0 Å². The van der Waals surface area contributed by atoms with Crippen LogP contribution in [0.2, 0.25) is 10.0 Å². The van der Waals surface area contributed by atoms with Gasteiger partial charge in [-0.2, -0.15) is 17.2 Å². The zero-order valence-electron chi connectivity index (χ0n) is 10.4. The van der Waals surface area contributed by atoms with Gasteiger partial charge in [0.1, 0.15) is 16.9 Å². The molecule has 0 spiro atoms. The SMILES string of the molecule is Cc1ncc(S(=O)(=O)Nc2c(Cl)cc(Cl)c3nsnc23)[nH]1. The molecular formula is C10H7Cl2N5O2S2. The zero-order valence-corrected chi connectivity index (χ0v) is 13.5. The van der Waals surface area contributed by atoms with E-state index in [1.54, 1.807) is 6.92 Å². The molecule has 2 heterocycles. The smallest absolute Gasteiger partial charge is 0.279 e. The van der Waals surface area contributed by atoms with E-state index >= 15 is 0 Å². The minimum Gasteiger partial charge on any atom is -0.332 e.